The Kier molecular flexibility index (Phi) is 5.93. The maximum atomic E-state index is 12.9. The van der Waals surface area contributed by atoms with Crippen LogP contribution in [0.3, 0.4) is 0 Å². The molecule has 3 aromatic rings. The molecule has 9 nitrogen and oxygen atoms in total. The Hall–Kier alpha value is -2.83. The van der Waals surface area contributed by atoms with Crippen LogP contribution in [0.15, 0.2) is 24.7 Å². The first-order chi connectivity index (χ1) is 16.5. The SMILES string of the molecule is CCn1c(-c2ccc(C(F)(F)F)nc2)nc2c(OC3CCN(C4OC4OC(C)(C)C)C3)ncnc21. The van der Waals surface area contributed by atoms with Gasteiger partial charge in [-0.1, -0.05) is 0 Å². The third kappa shape index (κ3) is 4.95. The molecule has 3 atom stereocenters. The number of fused-ring (bicyclic) bond motifs is 1. The van der Waals surface area contributed by atoms with E-state index in [4.69, 9.17) is 14.2 Å². The molecular formula is C23H27F3N6O3. The average molecular weight is 493 g/mol. The predicted molar refractivity (Wildman–Crippen MR) is 119 cm³/mol. The molecule has 0 saturated carbocycles. The molecule has 2 aliphatic heterocycles. The maximum absolute atomic E-state index is 12.9. The Labute approximate surface area is 200 Å². The molecule has 3 unspecified atom stereocenters. The van der Waals surface area contributed by atoms with Crippen molar-refractivity contribution in [2.24, 2.45) is 0 Å². The van der Waals surface area contributed by atoms with Crippen LogP contribution >= 0.6 is 0 Å². The highest BCUT2D eigenvalue weighted by Crippen LogP contribution is 2.35. The van der Waals surface area contributed by atoms with E-state index >= 15 is 0 Å². The van der Waals surface area contributed by atoms with Crippen molar-refractivity contribution in [3.63, 3.8) is 0 Å². The number of epoxide rings is 1. The fourth-order valence-electron chi connectivity index (χ4n) is 4.24. The van der Waals surface area contributed by atoms with Gasteiger partial charge in [-0.2, -0.15) is 18.2 Å². The summed E-state index contributed by atoms with van der Waals surface area (Å²) in [6.07, 6.45) is -1.57. The van der Waals surface area contributed by atoms with Crippen LogP contribution in [0.1, 0.15) is 39.8 Å². The second-order valence-corrected chi connectivity index (χ2v) is 9.61. The van der Waals surface area contributed by atoms with Gasteiger partial charge in [-0.05, 0) is 46.2 Å². The molecule has 3 aromatic heterocycles. The van der Waals surface area contributed by atoms with Gasteiger partial charge in [-0.3, -0.25) is 9.88 Å². The van der Waals surface area contributed by atoms with Crippen LogP contribution in [0, 0.1) is 0 Å². The summed E-state index contributed by atoms with van der Waals surface area (Å²) in [6, 6.07) is 2.30. The normalized spacial score (nSPS) is 23.2. The van der Waals surface area contributed by atoms with Gasteiger partial charge in [-0.25, -0.2) is 9.97 Å². The lowest BCUT2D eigenvalue weighted by molar-refractivity contribution is -0.141. The summed E-state index contributed by atoms with van der Waals surface area (Å²) >= 11 is 0. The van der Waals surface area contributed by atoms with Crippen molar-refractivity contribution < 1.29 is 27.4 Å². The van der Waals surface area contributed by atoms with Crippen LogP contribution in [0.5, 0.6) is 5.88 Å². The molecule has 12 heteroatoms. The molecule has 0 aliphatic carbocycles. The van der Waals surface area contributed by atoms with Crippen LogP contribution in [-0.4, -0.2) is 66.7 Å². The topological polar surface area (TPSA) is 90.7 Å². The molecular weight excluding hydrogens is 465 g/mol. The number of likely N-dealkylation sites (tertiary alicyclic amines) is 1. The van der Waals surface area contributed by atoms with Gasteiger partial charge >= 0.3 is 6.18 Å². The summed E-state index contributed by atoms with van der Waals surface area (Å²) in [5, 5.41) is 0. The number of hydrogen-bond acceptors (Lipinski definition) is 8. The van der Waals surface area contributed by atoms with Gasteiger partial charge in [0.1, 0.15) is 23.9 Å². The molecule has 0 aromatic carbocycles. The first-order valence-corrected chi connectivity index (χ1v) is 11.5. The quantitative estimate of drug-likeness (QED) is 0.479. The summed E-state index contributed by atoms with van der Waals surface area (Å²) in [7, 11) is 0. The van der Waals surface area contributed by atoms with E-state index in [9.17, 15) is 13.2 Å². The van der Waals surface area contributed by atoms with Gasteiger partial charge in [0.25, 0.3) is 0 Å². The van der Waals surface area contributed by atoms with E-state index < -0.39 is 11.9 Å². The standard InChI is InChI=1S/C23H27F3N6O3/c1-5-32-17(13-6-7-15(27-10-13)23(24,25)26)30-16-18(32)28-12-29-19(16)33-14-8-9-31(11-14)20-21(34-20)35-22(2,3)4/h6-7,10,12,14,20-21H,5,8-9,11H2,1-4H3. The third-order valence-electron chi connectivity index (χ3n) is 5.84. The summed E-state index contributed by atoms with van der Waals surface area (Å²) in [6.45, 7) is 9.86. The fourth-order valence-corrected chi connectivity index (χ4v) is 4.24. The molecule has 35 heavy (non-hydrogen) atoms. The zero-order valence-electron chi connectivity index (χ0n) is 19.9. The fraction of sp³-hybridized carbons (Fsp3) is 0.565. The number of nitrogens with zero attached hydrogens (tertiary/aromatic N) is 6. The largest absolute Gasteiger partial charge is 0.471 e. The summed E-state index contributed by atoms with van der Waals surface area (Å²) in [5.74, 6) is 0.796. The van der Waals surface area contributed by atoms with Crippen molar-refractivity contribution in [3.8, 4) is 17.3 Å². The number of halogens is 3. The molecule has 5 heterocycles. The van der Waals surface area contributed by atoms with Crippen molar-refractivity contribution in [3.05, 3.63) is 30.4 Å². The summed E-state index contributed by atoms with van der Waals surface area (Å²) in [4.78, 5) is 19.0. The highest BCUT2D eigenvalue weighted by molar-refractivity contribution is 5.81. The first-order valence-electron chi connectivity index (χ1n) is 11.5. The lowest BCUT2D eigenvalue weighted by Gasteiger charge is -2.19. The number of rotatable bonds is 6. The molecule has 0 spiro atoms. The molecule has 5 rings (SSSR count). The monoisotopic (exact) mass is 492 g/mol. The molecule has 188 valence electrons. The lowest BCUT2D eigenvalue weighted by Crippen LogP contribution is -2.31. The Bertz CT molecular complexity index is 1210. The minimum absolute atomic E-state index is 0.0775. The molecule has 0 N–H and O–H groups in total. The van der Waals surface area contributed by atoms with E-state index in [0.29, 0.717) is 41.5 Å². The van der Waals surface area contributed by atoms with Crippen molar-refractivity contribution in [1.29, 1.82) is 0 Å². The third-order valence-corrected chi connectivity index (χ3v) is 5.84. The number of imidazole rings is 1. The zero-order valence-corrected chi connectivity index (χ0v) is 19.9. The van der Waals surface area contributed by atoms with Gasteiger partial charge in [0.15, 0.2) is 23.7 Å². The molecule has 0 amide bonds. The Morgan fingerprint density at radius 1 is 1.14 bits per heavy atom. The van der Waals surface area contributed by atoms with Crippen LogP contribution < -0.4 is 4.74 Å². The lowest BCUT2D eigenvalue weighted by atomic mass is 10.2. The molecule has 0 radical (unpaired) electrons. The van der Waals surface area contributed by atoms with Crippen LogP contribution in [-0.2, 0) is 22.2 Å². The molecule has 0 bridgehead atoms. The van der Waals surface area contributed by atoms with Crippen molar-refractivity contribution in [2.45, 2.75) is 71.1 Å². The smallest absolute Gasteiger partial charge is 0.433 e. The minimum Gasteiger partial charge on any atom is -0.471 e. The highest BCUT2D eigenvalue weighted by Gasteiger charge is 2.49. The Morgan fingerprint density at radius 2 is 1.94 bits per heavy atom. The van der Waals surface area contributed by atoms with E-state index in [1.54, 1.807) is 0 Å². The van der Waals surface area contributed by atoms with Crippen molar-refractivity contribution in [1.82, 2.24) is 29.4 Å². The van der Waals surface area contributed by atoms with Crippen LogP contribution in [0.25, 0.3) is 22.6 Å². The van der Waals surface area contributed by atoms with E-state index in [2.05, 4.69) is 24.8 Å². The van der Waals surface area contributed by atoms with Gasteiger partial charge < -0.3 is 18.8 Å². The number of aryl methyl sites for hydroxylation is 1. The van der Waals surface area contributed by atoms with Crippen molar-refractivity contribution in [2.75, 3.05) is 13.1 Å². The van der Waals surface area contributed by atoms with Crippen LogP contribution in [0.4, 0.5) is 13.2 Å². The molecule has 2 saturated heterocycles. The second kappa shape index (κ2) is 8.68. The number of alkyl halides is 3. The number of ether oxygens (including phenoxy) is 3. The van der Waals surface area contributed by atoms with Gasteiger partial charge in [0.05, 0.1) is 5.60 Å². The molecule has 2 aliphatic rings. The zero-order chi connectivity index (χ0) is 25.0. The van der Waals surface area contributed by atoms with Crippen LogP contribution in [0.2, 0.25) is 0 Å². The van der Waals surface area contributed by atoms with E-state index in [-0.39, 0.29) is 24.2 Å². The average Bonchev–Trinajstić information content (AvgIpc) is 3.20. The van der Waals surface area contributed by atoms with Gasteiger partial charge in [0.2, 0.25) is 5.88 Å². The summed E-state index contributed by atoms with van der Waals surface area (Å²) < 4.78 is 58.3. The second-order valence-electron chi connectivity index (χ2n) is 9.61. The molecule has 2 fully saturated rings. The predicted octanol–water partition coefficient (Wildman–Crippen LogP) is 3.88. The van der Waals surface area contributed by atoms with Gasteiger partial charge in [-0.15, -0.1) is 0 Å². The van der Waals surface area contributed by atoms with E-state index in [0.717, 1.165) is 19.0 Å². The minimum atomic E-state index is -4.50. The Balaban J connectivity index is 1.34. The van der Waals surface area contributed by atoms with Crippen molar-refractivity contribution >= 4 is 11.2 Å². The number of hydrogen-bond donors (Lipinski definition) is 0. The highest BCUT2D eigenvalue weighted by atomic mass is 19.4. The number of pyridine rings is 1. The van der Waals surface area contributed by atoms with Gasteiger partial charge in [0, 0.05) is 31.4 Å². The first kappa shape index (κ1) is 23.9. The number of aromatic nitrogens is 5. The Morgan fingerprint density at radius 3 is 2.60 bits per heavy atom. The summed E-state index contributed by atoms with van der Waals surface area (Å²) in [5.41, 5.74) is 0.224. The van der Waals surface area contributed by atoms with E-state index in [1.807, 2.05) is 32.3 Å². The maximum Gasteiger partial charge on any atom is 0.433 e. The van der Waals surface area contributed by atoms with E-state index in [1.165, 1.54) is 18.6 Å².